The third-order valence-corrected chi connectivity index (χ3v) is 8.36. The lowest BCUT2D eigenvalue weighted by Gasteiger charge is -2.11. The van der Waals surface area contributed by atoms with E-state index in [1.54, 1.807) is 10.4 Å². The Morgan fingerprint density at radius 3 is 1.53 bits per heavy atom. The molecule has 0 heterocycles. The van der Waals surface area contributed by atoms with E-state index in [0.717, 1.165) is 0 Å². The van der Waals surface area contributed by atoms with Crippen molar-refractivity contribution >= 4 is 29.7 Å². The fourth-order valence-corrected chi connectivity index (χ4v) is 6.59. The highest BCUT2D eigenvalue weighted by molar-refractivity contribution is 6.67. The van der Waals surface area contributed by atoms with Crippen LogP contribution in [0.15, 0.2) is 36.4 Å². The van der Waals surface area contributed by atoms with Crippen LogP contribution in [-0.4, -0.2) is 19.4 Å². The molecule has 0 bridgehead atoms. The van der Waals surface area contributed by atoms with Crippen molar-refractivity contribution in [2.45, 2.75) is 27.7 Å². The quantitative estimate of drug-likeness (QED) is 0.813. The molecule has 0 spiro atoms. The molecule has 0 aromatic heterocycles. The molecular weight excluding hydrogens is 262 g/mol. The second-order valence-electron chi connectivity index (χ2n) is 5.32. The van der Waals surface area contributed by atoms with Crippen LogP contribution in [0.1, 0.15) is 22.3 Å². The molecule has 19 heavy (non-hydrogen) atoms. The molecule has 0 radical (unpaired) electrons. The van der Waals surface area contributed by atoms with Gasteiger partial charge in [-0.15, -0.1) is 0 Å². The Hall–Kier alpha value is -1.17. The summed E-state index contributed by atoms with van der Waals surface area (Å²) < 4.78 is 3.83. The van der Waals surface area contributed by atoms with E-state index in [4.69, 9.17) is 0 Å². The zero-order chi connectivity index (χ0) is 13.8. The van der Waals surface area contributed by atoms with Crippen molar-refractivity contribution in [3.63, 3.8) is 0 Å². The van der Waals surface area contributed by atoms with E-state index >= 15 is 0 Å². The third kappa shape index (κ3) is 3.44. The van der Waals surface area contributed by atoms with Crippen LogP contribution in [0.3, 0.4) is 0 Å². The maximum atomic E-state index is 3.83. The molecule has 0 aliphatic heterocycles. The molecule has 100 valence electrons. The van der Waals surface area contributed by atoms with Crippen molar-refractivity contribution in [1.29, 1.82) is 0 Å². The molecule has 0 saturated carbocycles. The molecular formula is C16H23NSi2. The molecule has 2 aromatic rings. The lowest BCUT2D eigenvalue weighted by Crippen LogP contribution is -2.41. The minimum atomic E-state index is -0.322. The highest BCUT2D eigenvalue weighted by Crippen LogP contribution is 2.02. The predicted molar refractivity (Wildman–Crippen MR) is 91.3 cm³/mol. The maximum absolute atomic E-state index is 3.83. The molecule has 2 rings (SSSR count). The molecule has 0 atom stereocenters. The molecule has 2 aromatic carbocycles. The monoisotopic (exact) mass is 285 g/mol. The van der Waals surface area contributed by atoms with Crippen LogP contribution in [0.4, 0.5) is 0 Å². The van der Waals surface area contributed by atoms with E-state index in [1.807, 2.05) is 0 Å². The summed E-state index contributed by atoms with van der Waals surface area (Å²) in [6.45, 7) is 8.91. The lowest BCUT2D eigenvalue weighted by molar-refractivity contribution is 1.35. The van der Waals surface area contributed by atoms with Crippen LogP contribution in [0.2, 0.25) is 0 Å². The van der Waals surface area contributed by atoms with E-state index in [9.17, 15) is 0 Å². The molecule has 0 amide bonds. The van der Waals surface area contributed by atoms with Crippen molar-refractivity contribution in [3.05, 3.63) is 58.7 Å². The first-order valence-corrected chi connectivity index (χ1v) is 9.73. The number of hydrogen-bond donors (Lipinski definition) is 1. The van der Waals surface area contributed by atoms with Crippen molar-refractivity contribution in [1.82, 2.24) is 4.65 Å². The van der Waals surface area contributed by atoms with Crippen LogP contribution in [0.5, 0.6) is 0 Å². The topological polar surface area (TPSA) is 12.0 Å². The number of nitrogens with one attached hydrogen (secondary N) is 1. The second kappa shape index (κ2) is 6.32. The van der Waals surface area contributed by atoms with Gasteiger partial charge in [-0.1, -0.05) is 36.4 Å². The molecule has 0 aliphatic rings. The number of hydrogen-bond acceptors (Lipinski definition) is 1. The van der Waals surface area contributed by atoms with Gasteiger partial charge in [0.05, 0.1) is 0 Å². The van der Waals surface area contributed by atoms with E-state index in [-0.39, 0.29) is 19.4 Å². The van der Waals surface area contributed by atoms with Crippen molar-refractivity contribution in [2.75, 3.05) is 0 Å². The Balaban J connectivity index is 2.00. The normalized spacial score (nSPS) is 12.0. The van der Waals surface area contributed by atoms with Gasteiger partial charge in [0, 0.05) is 0 Å². The van der Waals surface area contributed by atoms with Gasteiger partial charge in [0.15, 0.2) is 0 Å². The van der Waals surface area contributed by atoms with Gasteiger partial charge in [0.1, 0.15) is 19.4 Å². The van der Waals surface area contributed by atoms with Crippen molar-refractivity contribution < 1.29 is 0 Å². The lowest BCUT2D eigenvalue weighted by atomic mass is 10.1. The fourth-order valence-electron chi connectivity index (χ4n) is 2.34. The molecule has 3 heteroatoms. The van der Waals surface area contributed by atoms with Gasteiger partial charge in [-0.2, -0.15) is 0 Å². The Morgan fingerprint density at radius 2 is 1.11 bits per heavy atom. The molecule has 0 fully saturated rings. The van der Waals surface area contributed by atoms with Gasteiger partial charge in [0.2, 0.25) is 0 Å². The van der Waals surface area contributed by atoms with Crippen molar-refractivity contribution in [2.24, 2.45) is 0 Å². The Bertz CT molecular complexity index is 527. The van der Waals surface area contributed by atoms with Crippen LogP contribution >= 0.6 is 0 Å². The minimum Gasteiger partial charge on any atom is -0.362 e. The average molecular weight is 286 g/mol. The summed E-state index contributed by atoms with van der Waals surface area (Å²) in [5.74, 6) is 0. The van der Waals surface area contributed by atoms with Gasteiger partial charge >= 0.3 is 0 Å². The van der Waals surface area contributed by atoms with Gasteiger partial charge in [-0.3, -0.25) is 0 Å². The minimum absolute atomic E-state index is 0.322. The molecule has 1 N–H and O–H groups in total. The summed E-state index contributed by atoms with van der Waals surface area (Å²) in [6, 6.07) is 13.4. The Morgan fingerprint density at radius 1 is 0.684 bits per heavy atom. The zero-order valence-corrected chi connectivity index (χ0v) is 15.2. The van der Waals surface area contributed by atoms with Crippen LogP contribution in [0, 0.1) is 27.7 Å². The molecule has 0 saturated heterocycles. The number of aryl methyl sites for hydroxylation is 2. The fraction of sp³-hybridized carbons (Fsp3) is 0.250. The largest absolute Gasteiger partial charge is 0.362 e. The predicted octanol–water partition coefficient (Wildman–Crippen LogP) is 0.628. The van der Waals surface area contributed by atoms with E-state index < -0.39 is 0 Å². The smallest absolute Gasteiger partial charge is 0.118 e. The van der Waals surface area contributed by atoms with Crippen LogP contribution < -0.4 is 15.0 Å². The van der Waals surface area contributed by atoms with Crippen molar-refractivity contribution in [3.8, 4) is 0 Å². The summed E-state index contributed by atoms with van der Waals surface area (Å²) in [4.78, 5) is 0. The summed E-state index contributed by atoms with van der Waals surface area (Å²) in [5.41, 5.74) is 5.80. The summed E-state index contributed by atoms with van der Waals surface area (Å²) in [6.07, 6.45) is 0. The van der Waals surface area contributed by atoms with Gasteiger partial charge in [-0.25, -0.2) is 0 Å². The third-order valence-electron chi connectivity index (χ3n) is 4.06. The SMILES string of the molecule is Cc1cccc([SiH2]N[SiH2]c2cccc(C)c2C)c1C. The molecule has 0 aliphatic carbocycles. The molecule has 1 nitrogen and oxygen atoms in total. The number of benzene rings is 2. The van der Waals surface area contributed by atoms with Gasteiger partial charge in [-0.05, 0) is 60.3 Å². The maximum Gasteiger partial charge on any atom is 0.118 e. The molecule has 0 unspecified atom stereocenters. The highest BCUT2D eigenvalue weighted by Gasteiger charge is 2.03. The van der Waals surface area contributed by atoms with E-state index in [2.05, 4.69) is 68.7 Å². The Labute approximate surface area is 121 Å². The van der Waals surface area contributed by atoms with Crippen LogP contribution in [0.25, 0.3) is 0 Å². The van der Waals surface area contributed by atoms with Crippen LogP contribution in [-0.2, 0) is 0 Å². The number of rotatable bonds is 4. The first-order valence-electron chi connectivity index (χ1n) is 6.90. The first kappa shape index (κ1) is 14.2. The summed E-state index contributed by atoms with van der Waals surface area (Å²) in [7, 11) is -0.644. The van der Waals surface area contributed by atoms with Gasteiger partial charge < -0.3 is 4.65 Å². The Kier molecular flexibility index (Phi) is 4.74. The standard InChI is InChI=1S/C16H23NSi2/c1-11-7-5-9-15(13(11)3)18-17-19-16-10-6-8-12(2)14(16)4/h5-10,17H,18-19H2,1-4H3. The summed E-state index contributed by atoms with van der Waals surface area (Å²) in [5, 5.41) is 3.13. The second-order valence-corrected chi connectivity index (χ2v) is 9.55. The summed E-state index contributed by atoms with van der Waals surface area (Å²) >= 11 is 0. The van der Waals surface area contributed by atoms with Gasteiger partial charge in [0.25, 0.3) is 0 Å². The van der Waals surface area contributed by atoms with E-state index in [1.165, 1.54) is 22.3 Å². The average Bonchev–Trinajstić information content (AvgIpc) is 2.39. The highest BCUT2D eigenvalue weighted by atomic mass is 28.3. The van der Waals surface area contributed by atoms with E-state index in [0.29, 0.717) is 0 Å². The zero-order valence-electron chi connectivity index (χ0n) is 12.4. The first-order chi connectivity index (χ1) is 9.09.